The first kappa shape index (κ1) is 14.0. The van der Waals surface area contributed by atoms with Crippen LogP contribution in [0.4, 0.5) is 0 Å². The third kappa shape index (κ3) is 4.02. The van der Waals surface area contributed by atoms with Gasteiger partial charge in [0.25, 0.3) is 0 Å². The molecule has 0 radical (unpaired) electrons. The number of hydrogen-bond acceptors (Lipinski definition) is 4. The van der Waals surface area contributed by atoms with Crippen molar-refractivity contribution in [1.82, 2.24) is 5.32 Å². The molecule has 0 saturated heterocycles. The summed E-state index contributed by atoms with van der Waals surface area (Å²) in [4.78, 5) is 11.7. The Bertz CT molecular complexity index is 542. The Morgan fingerprint density at radius 1 is 1.37 bits per heavy atom. The normalized spacial score (nSPS) is 14.4. The van der Waals surface area contributed by atoms with Gasteiger partial charge in [0, 0.05) is 6.08 Å². The van der Waals surface area contributed by atoms with Gasteiger partial charge in [-0.3, -0.25) is 4.79 Å². The Balaban J connectivity index is 1.87. The molecule has 0 bridgehead atoms. The molecule has 2 aromatic rings. The number of thiophene rings is 2. The minimum atomic E-state index is -1.04. The molecule has 1 unspecified atom stereocenters. The van der Waals surface area contributed by atoms with E-state index in [0.717, 1.165) is 11.1 Å². The molecule has 0 aliphatic rings. The maximum Gasteiger partial charge on any atom is 0.244 e. The van der Waals surface area contributed by atoms with Gasteiger partial charge in [-0.15, -0.1) is 0 Å². The van der Waals surface area contributed by atoms with Crippen LogP contribution in [0.5, 0.6) is 0 Å². The maximum atomic E-state index is 11.7. The second-order valence-electron chi connectivity index (χ2n) is 4.39. The Labute approximate surface area is 120 Å². The van der Waals surface area contributed by atoms with E-state index in [-0.39, 0.29) is 12.5 Å². The first-order chi connectivity index (χ1) is 9.08. The van der Waals surface area contributed by atoms with Crippen molar-refractivity contribution in [2.75, 3.05) is 6.54 Å². The highest BCUT2D eigenvalue weighted by Crippen LogP contribution is 2.21. The van der Waals surface area contributed by atoms with Crippen LogP contribution in [0.15, 0.2) is 39.7 Å². The van der Waals surface area contributed by atoms with Gasteiger partial charge in [-0.1, -0.05) is 0 Å². The summed E-state index contributed by atoms with van der Waals surface area (Å²) < 4.78 is 0. The average molecular weight is 293 g/mol. The van der Waals surface area contributed by atoms with Crippen molar-refractivity contribution in [3.05, 3.63) is 50.9 Å². The molecular formula is C14H15NO2S2. The molecule has 19 heavy (non-hydrogen) atoms. The number of carbonyl (C=O) groups excluding carboxylic acids is 1. The molecule has 1 amide bonds. The zero-order valence-corrected chi connectivity index (χ0v) is 12.1. The highest BCUT2D eigenvalue weighted by atomic mass is 32.1. The van der Waals surface area contributed by atoms with E-state index in [1.54, 1.807) is 24.3 Å². The number of nitrogens with one attached hydrogen (secondary N) is 1. The summed E-state index contributed by atoms with van der Waals surface area (Å²) in [6.07, 6.45) is 3.23. The molecule has 2 rings (SSSR count). The molecule has 1 atom stereocenters. The molecule has 100 valence electrons. The van der Waals surface area contributed by atoms with Crippen LogP contribution >= 0.6 is 22.7 Å². The summed E-state index contributed by atoms with van der Waals surface area (Å²) in [5.74, 6) is -0.207. The number of hydrogen-bond donors (Lipinski definition) is 2. The summed E-state index contributed by atoms with van der Waals surface area (Å²) in [6.45, 7) is 1.88. The lowest BCUT2D eigenvalue weighted by atomic mass is 9.99. The van der Waals surface area contributed by atoms with Crippen molar-refractivity contribution in [1.29, 1.82) is 0 Å². The fraction of sp³-hybridized carbons (Fsp3) is 0.214. The van der Waals surface area contributed by atoms with Crippen molar-refractivity contribution in [2.24, 2.45) is 0 Å². The Morgan fingerprint density at radius 2 is 2.11 bits per heavy atom. The number of aliphatic hydroxyl groups is 1. The van der Waals surface area contributed by atoms with Crippen molar-refractivity contribution in [3.63, 3.8) is 0 Å². The standard InChI is InChI=1S/C14H15NO2S2/c1-14(17,12-5-7-19-9-12)10-15-13(16)3-2-11-4-6-18-8-11/h2-9,17H,10H2,1H3,(H,15,16). The number of amides is 1. The molecule has 0 saturated carbocycles. The minimum Gasteiger partial charge on any atom is -0.384 e. The van der Waals surface area contributed by atoms with Crippen LogP contribution in [-0.2, 0) is 10.4 Å². The SMILES string of the molecule is CC(O)(CNC(=O)C=Cc1ccsc1)c1ccsc1. The average Bonchev–Trinajstić information content (AvgIpc) is 3.06. The molecule has 2 N–H and O–H groups in total. The third-order valence-electron chi connectivity index (χ3n) is 2.72. The van der Waals surface area contributed by atoms with E-state index in [9.17, 15) is 9.90 Å². The summed E-state index contributed by atoms with van der Waals surface area (Å²) in [7, 11) is 0. The monoisotopic (exact) mass is 293 g/mol. The van der Waals surface area contributed by atoms with Crippen molar-refractivity contribution in [3.8, 4) is 0 Å². The van der Waals surface area contributed by atoms with Crippen LogP contribution in [0.3, 0.4) is 0 Å². The molecule has 0 aromatic carbocycles. The van der Waals surface area contributed by atoms with Crippen molar-refractivity contribution in [2.45, 2.75) is 12.5 Å². The Kier molecular flexibility index (Phi) is 4.52. The van der Waals surface area contributed by atoms with Gasteiger partial charge in [0.2, 0.25) is 5.91 Å². The Hall–Kier alpha value is -1.43. The topological polar surface area (TPSA) is 49.3 Å². The fourth-order valence-corrected chi connectivity index (χ4v) is 2.94. The second kappa shape index (κ2) is 6.14. The molecule has 3 nitrogen and oxygen atoms in total. The van der Waals surface area contributed by atoms with Gasteiger partial charge in [0.1, 0.15) is 5.60 Å². The van der Waals surface area contributed by atoms with E-state index < -0.39 is 5.60 Å². The second-order valence-corrected chi connectivity index (χ2v) is 5.95. The van der Waals surface area contributed by atoms with Gasteiger partial charge in [-0.2, -0.15) is 22.7 Å². The molecule has 2 heterocycles. The summed E-state index contributed by atoms with van der Waals surface area (Å²) in [5, 5.41) is 20.7. The van der Waals surface area contributed by atoms with Crippen molar-refractivity contribution >= 4 is 34.7 Å². The lowest BCUT2D eigenvalue weighted by Crippen LogP contribution is -2.37. The van der Waals surface area contributed by atoms with Crippen LogP contribution in [0, 0.1) is 0 Å². The smallest absolute Gasteiger partial charge is 0.244 e. The first-order valence-corrected chi connectivity index (χ1v) is 7.70. The Morgan fingerprint density at radius 3 is 2.74 bits per heavy atom. The zero-order chi connectivity index (χ0) is 13.7. The van der Waals surface area contributed by atoms with E-state index in [1.807, 2.05) is 33.7 Å². The van der Waals surface area contributed by atoms with Gasteiger partial charge in [-0.05, 0) is 57.8 Å². The summed E-state index contributed by atoms with van der Waals surface area (Å²) >= 11 is 3.11. The predicted molar refractivity (Wildman–Crippen MR) is 80.3 cm³/mol. The molecule has 0 aliphatic heterocycles. The van der Waals surface area contributed by atoms with Crippen LogP contribution < -0.4 is 5.32 Å². The maximum absolute atomic E-state index is 11.7. The highest BCUT2D eigenvalue weighted by Gasteiger charge is 2.23. The van der Waals surface area contributed by atoms with Crippen molar-refractivity contribution < 1.29 is 9.90 Å². The molecule has 0 aliphatic carbocycles. The molecule has 5 heteroatoms. The van der Waals surface area contributed by atoms with Crippen LogP contribution in [-0.4, -0.2) is 17.6 Å². The van der Waals surface area contributed by atoms with E-state index in [1.165, 1.54) is 17.4 Å². The molecule has 2 aromatic heterocycles. The van der Waals surface area contributed by atoms with Gasteiger partial charge in [-0.25, -0.2) is 0 Å². The van der Waals surface area contributed by atoms with E-state index >= 15 is 0 Å². The minimum absolute atomic E-state index is 0.191. The quantitative estimate of drug-likeness (QED) is 0.833. The lowest BCUT2D eigenvalue weighted by molar-refractivity contribution is -0.117. The van der Waals surface area contributed by atoms with Crippen LogP contribution in [0.25, 0.3) is 6.08 Å². The zero-order valence-electron chi connectivity index (χ0n) is 10.5. The third-order valence-corrected chi connectivity index (χ3v) is 4.10. The predicted octanol–water partition coefficient (Wildman–Crippen LogP) is 2.85. The largest absolute Gasteiger partial charge is 0.384 e. The van der Waals surface area contributed by atoms with Gasteiger partial charge >= 0.3 is 0 Å². The van der Waals surface area contributed by atoms with E-state index in [0.29, 0.717) is 0 Å². The number of carbonyl (C=O) groups is 1. The van der Waals surface area contributed by atoms with Crippen LogP contribution in [0.2, 0.25) is 0 Å². The van der Waals surface area contributed by atoms with E-state index in [4.69, 9.17) is 0 Å². The highest BCUT2D eigenvalue weighted by molar-refractivity contribution is 7.08. The molecule has 0 fully saturated rings. The van der Waals surface area contributed by atoms with E-state index in [2.05, 4.69) is 5.32 Å². The number of rotatable bonds is 5. The van der Waals surface area contributed by atoms with Crippen LogP contribution in [0.1, 0.15) is 18.1 Å². The van der Waals surface area contributed by atoms with Gasteiger partial charge < -0.3 is 10.4 Å². The first-order valence-electron chi connectivity index (χ1n) is 5.81. The molecule has 0 spiro atoms. The fourth-order valence-electron chi connectivity index (χ4n) is 1.53. The summed E-state index contributed by atoms with van der Waals surface area (Å²) in [5.41, 5.74) is 0.788. The van der Waals surface area contributed by atoms with Gasteiger partial charge in [0.15, 0.2) is 0 Å². The van der Waals surface area contributed by atoms with Gasteiger partial charge in [0.05, 0.1) is 6.54 Å². The summed E-state index contributed by atoms with van der Waals surface area (Å²) in [6, 6.07) is 3.80. The lowest BCUT2D eigenvalue weighted by Gasteiger charge is -2.22. The molecular weight excluding hydrogens is 278 g/mol.